The Morgan fingerprint density at radius 3 is 1.83 bits per heavy atom. The molecular weight excluding hydrogens is 661 g/mol. The van der Waals surface area contributed by atoms with E-state index in [0.717, 1.165) is 81.7 Å². The van der Waals surface area contributed by atoms with Gasteiger partial charge in [0.1, 0.15) is 11.4 Å². The number of hydrogen-bond acceptors (Lipinski definition) is 8. The maximum Gasteiger partial charge on any atom is 0.332 e. The summed E-state index contributed by atoms with van der Waals surface area (Å²) in [5, 5.41) is 10.9. The van der Waals surface area contributed by atoms with Crippen LogP contribution in [0.4, 0.5) is 22.7 Å². The van der Waals surface area contributed by atoms with E-state index in [0.29, 0.717) is 11.4 Å². The molecule has 0 amide bonds. The van der Waals surface area contributed by atoms with Crippen LogP contribution in [0.5, 0.6) is 0 Å². The van der Waals surface area contributed by atoms with Crippen molar-refractivity contribution in [2.45, 2.75) is 33.1 Å². The molecule has 1 aliphatic rings. The highest BCUT2D eigenvalue weighted by atomic mass is 16.7. The molecule has 1 saturated heterocycles. The van der Waals surface area contributed by atoms with Crippen molar-refractivity contribution in [3.05, 3.63) is 168 Å². The van der Waals surface area contributed by atoms with Crippen LogP contribution in [-0.2, 0) is 19.3 Å². The third-order valence-corrected chi connectivity index (χ3v) is 9.20. The molecule has 0 bridgehead atoms. The van der Waals surface area contributed by atoms with E-state index in [-0.39, 0.29) is 0 Å². The summed E-state index contributed by atoms with van der Waals surface area (Å²) in [5.74, 6) is -0.979. The predicted octanol–water partition coefficient (Wildman–Crippen LogP) is 9.93. The molecule has 264 valence electrons. The van der Waals surface area contributed by atoms with Gasteiger partial charge >= 0.3 is 11.9 Å². The molecule has 0 N–H and O–H groups in total. The van der Waals surface area contributed by atoms with Crippen molar-refractivity contribution in [1.82, 2.24) is 0 Å². The number of carbonyl (C=O) groups excluding carboxylic acids is 2. The monoisotopic (exact) mass is 700 g/mol. The SMILES string of the molecule is CC(=O)O/N=C(/c1ccccc1)c1cccc(N(c2ccc(/C(=N\OC(C)=O)c3ccccc3)c(N3CCCCC3)c2)c2cccc3ccccc23)c1. The van der Waals surface area contributed by atoms with Crippen LogP contribution in [0.2, 0.25) is 0 Å². The zero-order chi connectivity index (χ0) is 36.6. The summed E-state index contributed by atoms with van der Waals surface area (Å²) in [7, 11) is 0. The van der Waals surface area contributed by atoms with Crippen LogP contribution >= 0.6 is 0 Å². The van der Waals surface area contributed by atoms with Crippen LogP contribution in [0, 0.1) is 0 Å². The summed E-state index contributed by atoms with van der Waals surface area (Å²) >= 11 is 0. The molecule has 53 heavy (non-hydrogen) atoms. The average Bonchev–Trinajstić information content (AvgIpc) is 3.20. The molecule has 1 heterocycles. The highest BCUT2D eigenvalue weighted by molar-refractivity contribution is 6.16. The van der Waals surface area contributed by atoms with Gasteiger partial charge in [0, 0.05) is 71.6 Å². The van der Waals surface area contributed by atoms with Crippen LogP contribution in [0.25, 0.3) is 10.8 Å². The van der Waals surface area contributed by atoms with Crippen molar-refractivity contribution >= 4 is 56.9 Å². The van der Waals surface area contributed by atoms with Gasteiger partial charge in [-0.15, -0.1) is 0 Å². The number of anilines is 4. The number of nitrogens with zero attached hydrogens (tertiary/aromatic N) is 4. The molecule has 0 aromatic heterocycles. The highest BCUT2D eigenvalue weighted by Gasteiger charge is 2.24. The third-order valence-electron chi connectivity index (χ3n) is 9.20. The van der Waals surface area contributed by atoms with E-state index in [4.69, 9.17) is 9.68 Å². The zero-order valence-corrected chi connectivity index (χ0v) is 29.8. The van der Waals surface area contributed by atoms with Crippen LogP contribution < -0.4 is 9.80 Å². The Labute approximate surface area is 309 Å². The Morgan fingerprint density at radius 1 is 0.566 bits per heavy atom. The fraction of sp³-hybridized carbons (Fsp3) is 0.156. The molecule has 1 aliphatic heterocycles. The van der Waals surface area contributed by atoms with Gasteiger partial charge in [-0.3, -0.25) is 0 Å². The van der Waals surface area contributed by atoms with Gasteiger partial charge in [0.05, 0.1) is 5.69 Å². The van der Waals surface area contributed by atoms with Crippen LogP contribution in [-0.4, -0.2) is 36.5 Å². The lowest BCUT2D eigenvalue weighted by atomic mass is 9.97. The van der Waals surface area contributed by atoms with Gasteiger partial charge in [0.25, 0.3) is 0 Å². The van der Waals surface area contributed by atoms with Crippen molar-refractivity contribution in [2.75, 3.05) is 22.9 Å². The first-order valence-corrected chi connectivity index (χ1v) is 17.9. The van der Waals surface area contributed by atoms with Gasteiger partial charge in [-0.05, 0) is 61.0 Å². The maximum absolute atomic E-state index is 12.0. The molecule has 6 aromatic rings. The first-order valence-electron chi connectivity index (χ1n) is 17.9. The first-order chi connectivity index (χ1) is 26.0. The summed E-state index contributed by atoms with van der Waals surface area (Å²) < 4.78 is 0. The van der Waals surface area contributed by atoms with Crippen molar-refractivity contribution in [3.8, 4) is 0 Å². The zero-order valence-electron chi connectivity index (χ0n) is 29.8. The van der Waals surface area contributed by atoms with Crippen molar-refractivity contribution < 1.29 is 19.3 Å². The largest absolute Gasteiger partial charge is 0.371 e. The fourth-order valence-corrected chi connectivity index (χ4v) is 6.82. The van der Waals surface area contributed by atoms with Gasteiger partial charge in [-0.1, -0.05) is 120 Å². The molecule has 0 spiro atoms. The normalized spacial score (nSPS) is 13.4. The molecule has 1 fully saturated rings. The van der Waals surface area contributed by atoms with Gasteiger partial charge in [0.15, 0.2) is 0 Å². The lowest BCUT2D eigenvalue weighted by Gasteiger charge is -2.33. The Balaban J connectivity index is 1.45. The van der Waals surface area contributed by atoms with Gasteiger partial charge in [-0.2, -0.15) is 0 Å². The second-order valence-electron chi connectivity index (χ2n) is 12.9. The fourth-order valence-electron chi connectivity index (χ4n) is 6.82. The lowest BCUT2D eigenvalue weighted by Crippen LogP contribution is -2.31. The second-order valence-corrected chi connectivity index (χ2v) is 12.9. The summed E-state index contributed by atoms with van der Waals surface area (Å²) in [5.41, 5.74) is 8.26. The van der Waals surface area contributed by atoms with Crippen molar-refractivity contribution in [1.29, 1.82) is 0 Å². The van der Waals surface area contributed by atoms with Crippen molar-refractivity contribution in [2.24, 2.45) is 10.3 Å². The maximum atomic E-state index is 12.0. The Hall–Kier alpha value is -6.54. The highest BCUT2D eigenvalue weighted by Crippen LogP contribution is 2.42. The van der Waals surface area contributed by atoms with Crippen LogP contribution in [0.3, 0.4) is 0 Å². The second kappa shape index (κ2) is 16.2. The van der Waals surface area contributed by atoms with Crippen LogP contribution in [0.1, 0.15) is 55.4 Å². The Morgan fingerprint density at radius 2 is 1.13 bits per heavy atom. The standard InChI is InChI=1S/C45H40N4O4/c1-32(50)52-46-44(35-17-6-3-7-18-35)37-22-14-23-38(30-37)49(42-25-15-21-34-16-10-11-24-40(34)42)39-26-27-41(43(31-39)48-28-12-5-13-29-48)45(47-53-33(2)51)36-19-8-4-9-20-36/h3-4,6-11,14-27,30-31H,5,12-13,28-29H2,1-2H3/b46-44-,47-45-. The number of rotatable bonds is 10. The van der Waals surface area contributed by atoms with E-state index < -0.39 is 11.9 Å². The number of piperidine rings is 1. The predicted molar refractivity (Wildman–Crippen MR) is 212 cm³/mol. The molecule has 0 unspecified atom stereocenters. The number of benzene rings is 6. The number of oxime groups is 2. The molecular formula is C45H40N4O4. The molecule has 0 atom stereocenters. The molecule has 0 saturated carbocycles. The molecule has 7 rings (SSSR count). The lowest BCUT2D eigenvalue weighted by molar-refractivity contribution is -0.141. The minimum atomic E-state index is -0.496. The minimum Gasteiger partial charge on any atom is -0.371 e. The summed E-state index contributed by atoms with van der Waals surface area (Å²) in [6.45, 7) is 4.48. The van der Waals surface area contributed by atoms with Crippen molar-refractivity contribution in [3.63, 3.8) is 0 Å². The smallest absolute Gasteiger partial charge is 0.332 e. The first kappa shape index (κ1) is 34.9. The van der Waals surface area contributed by atoms with E-state index in [2.05, 4.69) is 86.8 Å². The van der Waals surface area contributed by atoms with Gasteiger partial charge in [-0.25, -0.2) is 9.59 Å². The van der Waals surface area contributed by atoms with Gasteiger partial charge < -0.3 is 19.5 Å². The van der Waals surface area contributed by atoms with E-state index in [1.165, 1.54) is 20.3 Å². The van der Waals surface area contributed by atoms with Crippen LogP contribution in [0.15, 0.2) is 156 Å². The molecule has 8 heteroatoms. The topological polar surface area (TPSA) is 83.8 Å². The average molecular weight is 701 g/mol. The Kier molecular flexibility index (Phi) is 10.7. The van der Waals surface area contributed by atoms with E-state index >= 15 is 0 Å². The van der Waals surface area contributed by atoms with E-state index in [1.807, 2.05) is 78.9 Å². The van der Waals surface area contributed by atoms with Gasteiger partial charge in [0.2, 0.25) is 0 Å². The summed E-state index contributed by atoms with van der Waals surface area (Å²) in [6, 6.07) is 48.7. The van der Waals surface area contributed by atoms with E-state index in [1.54, 1.807) is 0 Å². The molecule has 6 aromatic carbocycles. The summed E-state index contributed by atoms with van der Waals surface area (Å²) in [4.78, 5) is 39.1. The number of fused-ring (bicyclic) bond motifs is 1. The third kappa shape index (κ3) is 8.02. The minimum absolute atomic E-state index is 0.483. The Bertz CT molecular complexity index is 2290. The molecule has 0 radical (unpaired) electrons. The number of carbonyl (C=O) groups is 2. The molecule has 0 aliphatic carbocycles. The quantitative estimate of drug-likeness (QED) is 0.0804. The number of hydrogen-bond donors (Lipinski definition) is 0. The summed E-state index contributed by atoms with van der Waals surface area (Å²) in [6.07, 6.45) is 3.32. The molecule has 8 nitrogen and oxygen atoms in total. The van der Waals surface area contributed by atoms with E-state index in [9.17, 15) is 9.59 Å².